The summed E-state index contributed by atoms with van der Waals surface area (Å²) in [6.07, 6.45) is 10.6. The van der Waals surface area contributed by atoms with Crippen LogP contribution in [0.1, 0.15) is 66.7 Å². The highest BCUT2D eigenvalue weighted by molar-refractivity contribution is 7.17. The van der Waals surface area contributed by atoms with Gasteiger partial charge in [-0.25, -0.2) is 4.98 Å². The molecule has 4 fully saturated rings. The van der Waals surface area contributed by atoms with E-state index in [4.69, 9.17) is 0 Å². The third kappa shape index (κ3) is 1.87. The zero-order valence-electron chi connectivity index (χ0n) is 14.2. The van der Waals surface area contributed by atoms with Crippen molar-refractivity contribution in [3.63, 3.8) is 0 Å². The van der Waals surface area contributed by atoms with Crippen LogP contribution in [-0.4, -0.2) is 14.5 Å². The Kier molecular flexibility index (Phi) is 2.75. The molecule has 0 spiro atoms. The number of thiazole rings is 1. The van der Waals surface area contributed by atoms with Gasteiger partial charge in [0.05, 0.1) is 11.9 Å². The van der Waals surface area contributed by atoms with Crippen LogP contribution in [0.5, 0.6) is 0 Å². The van der Waals surface area contributed by atoms with Gasteiger partial charge in [0, 0.05) is 10.3 Å². The fraction of sp³-hybridized carbons (Fsp3) is 0.476. The lowest BCUT2D eigenvalue weighted by molar-refractivity contribution is -0.0421. The van der Waals surface area contributed by atoms with Crippen LogP contribution < -0.4 is 0 Å². The van der Waals surface area contributed by atoms with Gasteiger partial charge in [-0.3, -0.25) is 4.40 Å². The first-order valence-electron chi connectivity index (χ1n) is 9.39. The van der Waals surface area contributed by atoms with E-state index in [9.17, 15) is 5.11 Å². The molecule has 2 heterocycles. The van der Waals surface area contributed by atoms with Crippen molar-refractivity contribution in [2.24, 2.45) is 5.41 Å². The fourth-order valence-corrected chi connectivity index (χ4v) is 6.93. The van der Waals surface area contributed by atoms with E-state index in [0.29, 0.717) is 11.3 Å². The summed E-state index contributed by atoms with van der Waals surface area (Å²) in [5, 5.41) is 11.5. The summed E-state index contributed by atoms with van der Waals surface area (Å²) in [7, 11) is 0. The molecule has 4 saturated carbocycles. The molecule has 128 valence electrons. The average molecular weight is 350 g/mol. The monoisotopic (exact) mass is 350 g/mol. The number of hydrogen-bond acceptors (Lipinski definition) is 3. The van der Waals surface area contributed by atoms with E-state index in [1.54, 1.807) is 0 Å². The van der Waals surface area contributed by atoms with E-state index in [2.05, 4.69) is 39.7 Å². The molecule has 0 saturated heterocycles. The van der Waals surface area contributed by atoms with Gasteiger partial charge in [0.15, 0.2) is 0 Å². The third-order valence-electron chi connectivity index (χ3n) is 6.99. The molecule has 0 radical (unpaired) electrons. The lowest BCUT2D eigenvalue weighted by atomic mass is 9.55. The Morgan fingerprint density at radius 3 is 2.72 bits per heavy atom. The average Bonchev–Trinajstić information content (AvgIpc) is 2.99. The molecule has 2 aromatic heterocycles. The third-order valence-corrected chi connectivity index (χ3v) is 8.26. The number of aliphatic hydroxyl groups is 1. The van der Waals surface area contributed by atoms with Crippen molar-refractivity contribution in [2.45, 2.75) is 56.0 Å². The highest BCUT2D eigenvalue weighted by Crippen LogP contribution is 2.72. The molecule has 1 aromatic carbocycles. The van der Waals surface area contributed by atoms with Gasteiger partial charge in [-0.1, -0.05) is 30.3 Å². The normalized spacial score (nSPS) is 32.0. The zero-order chi connectivity index (χ0) is 16.6. The van der Waals surface area contributed by atoms with Gasteiger partial charge in [0.25, 0.3) is 0 Å². The lowest BCUT2D eigenvalue weighted by Crippen LogP contribution is -2.44. The van der Waals surface area contributed by atoms with E-state index in [-0.39, 0.29) is 11.5 Å². The molecule has 3 aromatic rings. The summed E-state index contributed by atoms with van der Waals surface area (Å²) in [5.41, 5.74) is 3.00. The molecule has 25 heavy (non-hydrogen) atoms. The van der Waals surface area contributed by atoms with Crippen molar-refractivity contribution < 1.29 is 5.11 Å². The van der Waals surface area contributed by atoms with Gasteiger partial charge < -0.3 is 5.11 Å². The summed E-state index contributed by atoms with van der Waals surface area (Å²) in [4.78, 5) is 6.91. The summed E-state index contributed by atoms with van der Waals surface area (Å²) < 4.78 is 2.17. The van der Waals surface area contributed by atoms with E-state index >= 15 is 0 Å². The predicted octanol–water partition coefficient (Wildman–Crippen LogP) is 4.82. The minimum atomic E-state index is -0.356. The Balaban J connectivity index is 1.38. The molecular weight excluding hydrogens is 328 g/mol. The maximum Gasteiger partial charge on any atom is 0.120 e. The molecule has 0 amide bonds. The number of imidazole rings is 1. The SMILES string of the molecule is OC(c1c(C2CC2)sc2cncn12)C12CCC(c3ccccc3)(C1)C2. The Labute approximate surface area is 151 Å². The molecule has 4 aliphatic rings. The second kappa shape index (κ2) is 4.74. The molecule has 1 unspecified atom stereocenters. The predicted molar refractivity (Wildman–Crippen MR) is 99.0 cm³/mol. The van der Waals surface area contributed by atoms with Crippen LogP contribution in [0.15, 0.2) is 42.9 Å². The molecular formula is C21H22N2OS. The van der Waals surface area contributed by atoms with Crippen molar-refractivity contribution in [3.8, 4) is 0 Å². The van der Waals surface area contributed by atoms with Crippen molar-refractivity contribution in [1.82, 2.24) is 9.38 Å². The van der Waals surface area contributed by atoms with Gasteiger partial charge in [0.1, 0.15) is 17.3 Å². The van der Waals surface area contributed by atoms with Crippen molar-refractivity contribution >= 4 is 16.2 Å². The molecule has 3 nitrogen and oxygen atoms in total. The van der Waals surface area contributed by atoms with Crippen LogP contribution in [0.4, 0.5) is 0 Å². The summed E-state index contributed by atoms with van der Waals surface area (Å²) >= 11 is 1.84. The molecule has 4 heteroatoms. The van der Waals surface area contributed by atoms with Crippen molar-refractivity contribution in [2.75, 3.05) is 0 Å². The number of aliphatic hydroxyl groups excluding tert-OH is 1. The molecule has 4 aliphatic carbocycles. The van der Waals surface area contributed by atoms with Crippen LogP contribution in [0, 0.1) is 5.41 Å². The Hall–Kier alpha value is -1.65. The maximum atomic E-state index is 11.5. The first-order valence-corrected chi connectivity index (χ1v) is 10.2. The van der Waals surface area contributed by atoms with Gasteiger partial charge in [-0.2, -0.15) is 0 Å². The minimum Gasteiger partial charge on any atom is -0.386 e. The minimum absolute atomic E-state index is 0.0672. The van der Waals surface area contributed by atoms with Crippen LogP contribution in [-0.2, 0) is 5.41 Å². The molecule has 7 rings (SSSR count). The van der Waals surface area contributed by atoms with E-state index in [1.165, 1.54) is 34.5 Å². The highest BCUT2D eigenvalue weighted by atomic mass is 32.1. The number of nitrogens with zero attached hydrogens (tertiary/aromatic N) is 2. The van der Waals surface area contributed by atoms with E-state index < -0.39 is 0 Å². The van der Waals surface area contributed by atoms with Crippen LogP contribution in [0.3, 0.4) is 0 Å². The second-order valence-corrected chi connectivity index (χ2v) is 9.55. The van der Waals surface area contributed by atoms with Gasteiger partial charge in [0.2, 0.25) is 0 Å². The Bertz CT molecular complexity index is 947. The molecule has 1 atom stereocenters. The first-order chi connectivity index (χ1) is 12.2. The topological polar surface area (TPSA) is 37.5 Å². The van der Waals surface area contributed by atoms with E-state index in [1.807, 2.05) is 23.9 Å². The summed E-state index contributed by atoms with van der Waals surface area (Å²) in [6.45, 7) is 0. The summed E-state index contributed by atoms with van der Waals surface area (Å²) in [5.74, 6) is 0.673. The zero-order valence-corrected chi connectivity index (χ0v) is 15.0. The highest BCUT2D eigenvalue weighted by Gasteiger charge is 2.64. The van der Waals surface area contributed by atoms with Crippen LogP contribution in [0.2, 0.25) is 0 Å². The van der Waals surface area contributed by atoms with Gasteiger partial charge >= 0.3 is 0 Å². The van der Waals surface area contributed by atoms with Crippen molar-refractivity contribution in [3.05, 3.63) is 59.0 Å². The molecule has 1 N–H and O–H groups in total. The second-order valence-electron chi connectivity index (χ2n) is 8.49. The Morgan fingerprint density at radius 2 is 1.96 bits per heavy atom. The van der Waals surface area contributed by atoms with Crippen LogP contribution >= 0.6 is 11.3 Å². The number of rotatable bonds is 4. The van der Waals surface area contributed by atoms with Gasteiger partial charge in [-0.05, 0) is 55.4 Å². The number of hydrogen-bond donors (Lipinski definition) is 1. The largest absolute Gasteiger partial charge is 0.386 e. The van der Waals surface area contributed by atoms with E-state index in [0.717, 1.165) is 25.0 Å². The Morgan fingerprint density at radius 1 is 1.16 bits per heavy atom. The van der Waals surface area contributed by atoms with Crippen LogP contribution in [0.25, 0.3) is 4.83 Å². The fourth-order valence-electron chi connectivity index (χ4n) is 5.63. The molecule has 2 bridgehead atoms. The smallest absolute Gasteiger partial charge is 0.120 e. The number of aromatic nitrogens is 2. The quantitative estimate of drug-likeness (QED) is 0.732. The molecule has 0 aliphatic heterocycles. The standard InChI is InChI=1S/C21H22N2OS/c24-19(17-18(14-6-7-14)25-16-10-22-13-23(16)17)21-9-8-20(11-21,12-21)15-4-2-1-3-5-15/h1-5,10,13-14,19,24H,6-9,11-12H2. The van der Waals surface area contributed by atoms with Gasteiger partial charge in [-0.15, -0.1) is 11.3 Å². The maximum absolute atomic E-state index is 11.5. The lowest BCUT2D eigenvalue weighted by Gasteiger charge is -2.50. The van der Waals surface area contributed by atoms with Crippen molar-refractivity contribution in [1.29, 1.82) is 0 Å². The summed E-state index contributed by atoms with van der Waals surface area (Å²) in [6, 6.07) is 10.9. The number of fused-ring (bicyclic) bond motifs is 2. The number of benzene rings is 1. The first kappa shape index (κ1) is 14.5.